The van der Waals surface area contributed by atoms with Crippen LogP contribution in [0.25, 0.3) is 0 Å². The second kappa shape index (κ2) is 7.06. The average molecular weight is 413 g/mol. The average Bonchev–Trinajstić information content (AvgIpc) is 3.43. The molecule has 0 saturated carbocycles. The Hall–Kier alpha value is -3.66. The van der Waals surface area contributed by atoms with Crippen molar-refractivity contribution in [2.45, 2.75) is 13.0 Å². The lowest BCUT2D eigenvalue weighted by atomic mass is 9.95. The van der Waals surface area contributed by atoms with Gasteiger partial charge in [-0.25, -0.2) is 0 Å². The van der Waals surface area contributed by atoms with Crippen LogP contribution in [-0.4, -0.2) is 39.2 Å². The molecule has 148 valence electrons. The summed E-state index contributed by atoms with van der Waals surface area (Å²) in [5, 5.41) is 28.4. The van der Waals surface area contributed by atoms with Crippen molar-refractivity contribution in [2.24, 2.45) is 0 Å². The number of anilines is 1. The second-order valence-corrected chi connectivity index (χ2v) is 7.04. The SMILES string of the molecule is COc1cc(C2C(C(=O)c3ccc(C)o3)=C(O)C(=O)N2c2nncs2)ccc1O. The molecule has 1 atom stereocenters. The van der Waals surface area contributed by atoms with Gasteiger partial charge in [-0.1, -0.05) is 17.4 Å². The van der Waals surface area contributed by atoms with Gasteiger partial charge in [0.15, 0.2) is 23.0 Å². The topological polar surface area (TPSA) is 126 Å². The molecule has 1 unspecified atom stereocenters. The van der Waals surface area contributed by atoms with E-state index in [1.54, 1.807) is 13.0 Å². The minimum atomic E-state index is -1.01. The summed E-state index contributed by atoms with van der Waals surface area (Å²) in [6.07, 6.45) is 0. The first-order chi connectivity index (χ1) is 13.9. The maximum absolute atomic E-state index is 13.1. The molecule has 1 amide bonds. The third-order valence-corrected chi connectivity index (χ3v) is 5.18. The van der Waals surface area contributed by atoms with E-state index in [1.165, 1.54) is 41.8 Å². The number of rotatable bonds is 5. The van der Waals surface area contributed by atoms with Gasteiger partial charge in [0, 0.05) is 0 Å². The number of benzene rings is 1. The van der Waals surface area contributed by atoms with Crippen molar-refractivity contribution >= 4 is 28.2 Å². The predicted octanol–water partition coefficient (Wildman–Crippen LogP) is 2.94. The number of hydrogen-bond acceptors (Lipinski definition) is 9. The molecular formula is C19H15N3O6S. The first kappa shape index (κ1) is 18.7. The van der Waals surface area contributed by atoms with Crippen LogP contribution >= 0.6 is 11.3 Å². The van der Waals surface area contributed by atoms with E-state index in [0.29, 0.717) is 11.3 Å². The lowest BCUT2D eigenvalue weighted by Crippen LogP contribution is -2.31. The van der Waals surface area contributed by atoms with E-state index in [2.05, 4.69) is 10.2 Å². The molecule has 1 aliphatic rings. The van der Waals surface area contributed by atoms with Crippen molar-refractivity contribution in [1.29, 1.82) is 0 Å². The number of aryl methyl sites for hydroxylation is 1. The molecule has 0 radical (unpaired) electrons. The van der Waals surface area contributed by atoms with Crippen molar-refractivity contribution in [3.8, 4) is 11.5 Å². The number of ether oxygens (including phenoxy) is 1. The Labute approximate surface area is 168 Å². The van der Waals surface area contributed by atoms with Crippen molar-refractivity contribution in [2.75, 3.05) is 12.0 Å². The molecule has 3 heterocycles. The van der Waals surface area contributed by atoms with Gasteiger partial charge in [0.05, 0.1) is 18.7 Å². The zero-order chi connectivity index (χ0) is 20.7. The number of carbonyl (C=O) groups excluding carboxylic acids is 2. The quantitative estimate of drug-likeness (QED) is 0.612. The van der Waals surface area contributed by atoms with Gasteiger partial charge in [0.1, 0.15) is 11.3 Å². The summed E-state index contributed by atoms with van der Waals surface area (Å²) in [6.45, 7) is 1.68. The predicted molar refractivity (Wildman–Crippen MR) is 102 cm³/mol. The molecule has 10 heteroatoms. The molecule has 29 heavy (non-hydrogen) atoms. The van der Waals surface area contributed by atoms with Crippen LogP contribution in [0.1, 0.15) is 27.9 Å². The highest BCUT2D eigenvalue weighted by atomic mass is 32.1. The maximum Gasteiger partial charge on any atom is 0.296 e. The summed E-state index contributed by atoms with van der Waals surface area (Å²) < 4.78 is 10.5. The Balaban J connectivity index is 1.89. The van der Waals surface area contributed by atoms with Gasteiger partial charge >= 0.3 is 0 Å². The van der Waals surface area contributed by atoms with E-state index in [-0.39, 0.29) is 28.0 Å². The molecule has 2 N–H and O–H groups in total. The highest BCUT2D eigenvalue weighted by Crippen LogP contribution is 2.44. The van der Waals surface area contributed by atoms with Gasteiger partial charge in [0.2, 0.25) is 10.9 Å². The summed E-state index contributed by atoms with van der Waals surface area (Å²) in [6, 6.07) is 6.48. The number of ketones is 1. The molecule has 1 aliphatic heterocycles. The van der Waals surface area contributed by atoms with Crippen LogP contribution in [0.4, 0.5) is 5.13 Å². The minimum absolute atomic E-state index is 0.00768. The smallest absolute Gasteiger partial charge is 0.296 e. The second-order valence-electron chi connectivity index (χ2n) is 6.23. The number of aliphatic hydroxyl groups is 1. The number of phenols is 1. The van der Waals surface area contributed by atoms with Crippen LogP contribution in [0.2, 0.25) is 0 Å². The molecule has 0 bridgehead atoms. The Morgan fingerprint density at radius 3 is 2.69 bits per heavy atom. The summed E-state index contributed by atoms with van der Waals surface area (Å²) in [7, 11) is 1.38. The fourth-order valence-corrected chi connectivity index (χ4v) is 3.76. The number of methoxy groups -OCH3 is 1. The molecule has 3 aromatic rings. The van der Waals surface area contributed by atoms with Gasteiger partial charge < -0.3 is 19.4 Å². The van der Waals surface area contributed by atoms with Gasteiger partial charge in [0.25, 0.3) is 5.91 Å². The number of nitrogens with zero attached hydrogens (tertiary/aromatic N) is 3. The molecule has 0 spiro atoms. The van der Waals surface area contributed by atoms with Crippen LogP contribution in [0.15, 0.2) is 51.6 Å². The number of hydrogen-bond donors (Lipinski definition) is 2. The summed E-state index contributed by atoms with van der Waals surface area (Å²) in [5.74, 6) is -1.56. The Morgan fingerprint density at radius 2 is 2.07 bits per heavy atom. The zero-order valence-electron chi connectivity index (χ0n) is 15.3. The third-order valence-electron chi connectivity index (χ3n) is 4.49. The van der Waals surface area contributed by atoms with Crippen LogP contribution in [-0.2, 0) is 4.79 Å². The molecule has 0 fully saturated rings. The fraction of sp³-hybridized carbons (Fsp3) is 0.158. The third kappa shape index (κ3) is 3.03. The van der Waals surface area contributed by atoms with Crippen LogP contribution in [0.3, 0.4) is 0 Å². The number of aromatic nitrogens is 2. The molecule has 1 aromatic carbocycles. The number of furan rings is 1. The number of aromatic hydroxyl groups is 1. The van der Waals surface area contributed by atoms with Gasteiger partial charge in [-0.2, -0.15) is 0 Å². The van der Waals surface area contributed by atoms with Crippen molar-refractivity contribution in [3.05, 3.63) is 64.3 Å². The first-order valence-electron chi connectivity index (χ1n) is 8.43. The number of carbonyl (C=O) groups is 2. The van der Waals surface area contributed by atoms with E-state index in [0.717, 1.165) is 11.3 Å². The van der Waals surface area contributed by atoms with Crippen LogP contribution < -0.4 is 9.64 Å². The summed E-state index contributed by atoms with van der Waals surface area (Å²) >= 11 is 1.08. The Bertz CT molecular complexity index is 1130. The van der Waals surface area contributed by atoms with Crippen molar-refractivity contribution in [1.82, 2.24) is 10.2 Å². The molecule has 0 aliphatic carbocycles. The van der Waals surface area contributed by atoms with E-state index in [1.807, 2.05) is 0 Å². The molecule has 4 rings (SSSR count). The number of Topliss-reactive ketones (excluding diaryl/α,β-unsaturated/α-hetero) is 1. The highest BCUT2D eigenvalue weighted by molar-refractivity contribution is 7.13. The lowest BCUT2D eigenvalue weighted by molar-refractivity contribution is -0.117. The molecule has 2 aromatic heterocycles. The molecule has 0 saturated heterocycles. The summed E-state index contributed by atoms with van der Waals surface area (Å²) in [5.41, 5.74) is 1.70. The highest BCUT2D eigenvalue weighted by Gasteiger charge is 2.46. The zero-order valence-corrected chi connectivity index (χ0v) is 16.1. The monoisotopic (exact) mass is 413 g/mol. The standard InChI is InChI=1S/C19H15N3O6S/c1-9-3-6-12(28-9)16(24)14-15(10-4-5-11(23)13(7-10)27-2)22(18(26)17(14)25)19-21-20-8-29-19/h3-8,15,23,25H,1-2H3. The van der Waals surface area contributed by atoms with Gasteiger partial charge in [-0.15, -0.1) is 10.2 Å². The van der Waals surface area contributed by atoms with Crippen molar-refractivity contribution < 1.29 is 29.0 Å². The maximum atomic E-state index is 13.1. The van der Waals surface area contributed by atoms with Gasteiger partial charge in [-0.05, 0) is 36.8 Å². The Kier molecular flexibility index (Phi) is 4.55. The minimum Gasteiger partial charge on any atom is -0.504 e. The van der Waals surface area contributed by atoms with E-state index >= 15 is 0 Å². The summed E-state index contributed by atoms with van der Waals surface area (Å²) in [4.78, 5) is 27.2. The van der Waals surface area contributed by atoms with Gasteiger partial charge in [-0.3, -0.25) is 14.5 Å². The van der Waals surface area contributed by atoms with Crippen molar-refractivity contribution in [3.63, 3.8) is 0 Å². The fourth-order valence-electron chi connectivity index (χ4n) is 3.18. The Morgan fingerprint density at radius 1 is 1.28 bits per heavy atom. The largest absolute Gasteiger partial charge is 0.504 e. The van der Waals surface area contributed by atoms with E-state index < -0.39 is 23.5 Å². The number of aliphatic hydroxyl groups excluding tert-OH is 1. The first-order valence-corrected chi connectivity index (χ1v) is 9.31. The van der Waals surface area contributed by atoms with Crippen LogP contribution in [0.5, 0.6) is 11.5 Å². The molecular weight excluding hydrogens is 398 g/mol. The molecule has 9 nitrogen and oxygen atoms in total. The normalized spacial score (nSPS) is 16.6. The van der Waals surface area contributed by atoms with Crippen LogP contribution in [0, 0.1) is 6.92 Å². The van der Waals surface area contributed by atoms with E-state index in [9.17, 15) is 19.8 Å². The van der Waals surface area contributed by atoms with E-state index in [4.69, 9.17) is 9.15 Å². The number of phenolic OH excluding ortho intramolecular Hbond substituents is 1. The number of amides is 1. The lowest BCUT2D eigenvalue weighted by Gasteiger charge is -2.24.